The normalized spacial score (nSPS) is 17.6. The van der Waals surface area contributed by atoms with Crippen LogP contribution >= 0.6 is 0 Å². The van der Waals surface area contributed by atoms with Gasteiger partial charge in [-0.05, 0) is 48.4 Å². The molecule has 2 aliphatic rings. The van der Waals surface area contributed by atoms with Gasteiger partial charge in [-0.15, -0.1) is 0 Å². The van der Waals surface area contributed by atoms with Crippen molar-refractivity contribution in [3.8, 4) is 5.75 Å². The smallest absolute Gasteiger partial charge is 0.416 e. The Morgan fingerprint density at radius 3 is 2.33 bits per heavy atom. The highest BCUT2D eigenvalue weighted by Crippen LogP contribution is 2.42. The molecule has 2 N–H and O–H groups in total. The van der Waals surface area contributed by atoms with Crippen LogP contribution in [0.4, 0.5) is 23.7 Å². The number of halogens is 3. The molecular weight excluding hydrogens is 549 g/mol. The molecule has 0 saturated heterocycles. The van der Waals surface area contributed by atoms with E-state index in [4.69, 9.17) is 4.74 Å². The van der Waals surface area contributed by atoms with Crippen molar-refractivity contribution in [2.24, 2.45) is 0 Å². The lowest BCUT2D eigenvalue weighted by Crippen LogP contribution is -2.47. The molecule has 0 spiro atoms. The van der Waals surface area contributed by atoms with E-state index in [-0.39, 0.29) is 36.3 Å². The van der Waals surface area contributed by atoms with Crippen LogP contribution < -0.4 is 15.4 Å². The lowest BCUT2D eigenvalue weighted by atomic mass is 9.91. The molecule has 11 heteroatoms. The second-order valence-corrected chi connectivity index (χ2v) is 9.93. The van der Waals surface area contributed by atoms with E-state index >= 15 is 0 Å². The van der Waals surface area contributed by atoms with Gasteiger partial charge in [0.25, 0.3) is 5.91 Å². The topological polar surface area (TPSA) is 91.0 Å². The summed E-state index contributed by atoms with van der Waals surface area (Å²) in [7, 11) is 1.52. The number of anilines is 1. The first-order valence-electron chi connectivity index (χ1n) is 13.4. The molecule has 2 heterocycles. The molecule has 2 aliphatic heterocycles. The van der Waals surface area contributed by atoms with Crippen molar-refractivity contribution in [2.45, 2.75) is 31.6 Å². The third-order valence-corrected chi connectivity index (χ3v) is 7.45. The highest BCUT2D eigenvalue weighted by Gasteiger charge is 2.48. The molecule has 0 aliphatic carbocycles. The van der Waals surface area contributed by atoms with Gasteiger partial charge in [-0.2, -0.15) is 13.2 Å². The number of carbonyl (C=O) groups excluding carboxylic acids is 3. The van der Waals surface area contributed by atoms with Gasteiger partial charge in [0.1, 0.15) is 11.8 Å². The minimum atomic E-state index is -4.71. The number of alkyl halides is 3. The predicted molar refractivity (Wildman–Crippen MR) is 149 cm³/mol. The van der Waals surface area contributed by atoms with Crippen LogP contribution in [0, 0.1) is 0 Å². The van der Waals surface area contributed by atoms with Gasteiger partial charge in [-0.1, -0.05) is 48.5 Å². The van der Waals surface area contributed by atoms with Gasteiger partial charge in [0.2, 0.25) is 5.91 Å². The van der Waals surface area contributed by atoms with Crippen LogP contribution in [-0.2, 0) is 22.2 Å². The molecule has 0 saturated carbocycles. The van der Waals surface area contributed by atoms with E-state index in [0.29, 0.717) is 11.4 Å². The van der Waals surface area contributed by atoms with Crippen LogP contribution in [0.25, 0.3) is 0 Å². The van der Waals surface area contributed by atoms with E-state index in [1.54, 1.807) is 31.2 Å². The molecule has 3 aromatic rings. The number of rotatable bonds is 8. The summed E-state index contributed by atoms with van der Waals surface area (Å²) in [6.45, 7) is 1.77. The summed E-state index contributed by atoms with van der Waals surface area (Å²) >= 11 is 0. The van der Waals surface area contributed by atoms with Crippen LogP contribution in [0.15, 0.2) is 90.1 Å². The third kappa shape index (κ3) is 5.54. The highest BCUT2D eigenvalue weighted by atomic mass is 19.4. The summed E-state index contributed by atoms with van der Waals surface area (Å²) in [5, 5.41) is 5.45. The fourth-order valence-electron chi connectivity index (χ4n) is 5.42. The van der Waals surface area contributed by atoms with E-state index in [1.807, 2.05) is 30.3 Å². The summed E-state index contributed by atoms with van der Waals surface area (Å²) in [6, 6.07) is 17.7. The van der Waals surface area contributed by atoms with Gasteiger partial charge < -0.3 is 20.3 Å². The Balaban J connectivity index is 1.54. The molecule has 0 fully saturated rings. The highest BCUT2D eigenvalue weighted by molar-refractivity contribution is 6.05. The summed E-state index contributed by atoms with van der Waals surface area (Å²) in [5.41, 5.74) is 0.375. The molecule has 4 amide bonds. The quantitative estimate of drug-likeness (QED) is 0.387. The number of benzene rings is 3. The fourth-order valence-corrected chi connectivity index (χ4v) is 5.42. The number of hydrogen-bond acceptors (Lipinski definition) is 4. The number of hydrogen-bond donors (Lipinski definition) is 2. The van der Waals surface area contributed by atoms with Crippen LogP contribution in [0.5, 0.6) is 5.75 Å². The van der Waals surface area contributed by atoms with Gasteiger partial charge in [0.05, 0.1) is 36.5 Å². The van der Waals surface area contributed by atoms with Crippen molar-refractivity contribution < 1.29 is 32.3 Å². The molecule has 5 rings (SSSR count). The molecule has 0 bridgehead atoms. The van der Waals surface area contributed by atoms with Crippen molar-refractivity contribution in [3.05, 3.63) is 107 Å². The van der Waals surface area contributed by atoms with Gasteiger partial charge in [-0.25, -0.2) is 4.79 Å². The fraction of sp³-hybridized carbons (Fsp3) is 0.258. The van der Waals surface area contributed by atoms with Crippen LogP contribution in [0.1, 0.15) is 29.7 Å². The zero-order chi connectivity index (χ0) is 30.0. The molecule has 3 aromatic carbocycles. The minimum Gasteiger partial charge on any atom is -0.497 e. The van der Waals surface area contributed by atoms with Gasteiger partial charge in [-0.3, -0.25) is 14.5 Å². The van der Waals surface area contributed by atoms with E-state index in [1.165, 1.54) is 35.1 Å². The Kier molecular flexibility index (Phi) is 7.93. The third-order valence-electron chi connectivity index (χ3n) is 7.45. The first kappa shape index (κ1) is 28.7. The zero-order valence-electron chi connectivity index (χ0n) is 22.9. The summed E-state index contributed by atoms with van der Waals surface area (Å²) < 4.78 is 47.2. The molecule has 218 valence electrons. The molecule has 2 atom stereocenters. The second kappa shape index (κ2) is 11.6. The number of nitrogens with one attached hydrogen (secondary N) is 2. The van der Waals surface area contributed by atoms with Gasteiger partial charge in [0.15, 0.2) is 0 Å². The number of urea groups is 1. The monoisotopic (exact) mass is 578 g/mol. The minimum absolute atomic E-state index is 0.0171. The van der Waals surface area contributed by atoms with Gasteiger partial charge in [0, 0.05) is 18.7 Å². The number of ether oxygens (including phenoxy) is 1. The zero-order valence-corrected chi connectivity index (χ0v) is 22.9. The molecule has 8 nitrogen and oxygen atoms in total. The second-order valence-electron chi connectivity index (χ2n) is 9.93. The Bertz CT molecular complexity index is 1520. The average Bonchev–Trinajstić information content (AvgIpc) is 3.32. The van der Waals surface area contributed by atoms with Crippen molar-refractivity contribution >= 4 is 23.5 Å². The van der Waals surface area contributed by atoms with Crippen LogP contribution in [0.2, 0.25) is 0 Å². The predicted octanol–water partition coefficient (Wildman–Crippen LogP) is 5.15. The van der Waals surface area contributed by atoms with E-state index in [9.17, 15) is 27.6 Å². The molecule has 0 unspecified atom stereocenters. The van der Waals surface area contributed by atoms with Crippen molar-refractivity contribution in [1.82, 2.24) is 15.1 Å². The Labute approximate surface area is 240 Å². The summed E-state index contributed by atoms with van der Waals surface area (Å²) in [6.07, 6.45) is -4.56. The van der Waals surface area contributed by atoms with Crippen molar-refractivity contribution in [1.29, 1.82) is 0 Å². The molecule has 42 heavy (non-hydrogen) atoms. The lowest BCUT2D eigenvalue weighted by Gasteiger charge is -2.33. The molecule has 0 radical (unpaired) electrons. The van der Waals surface area contributed by atoms with Crippen molar-refractivity contribution in [3.63, 3.8) is 0 Å². The molecule has 0 aromatic heterocycles. The first-order chi connectivity index (χ1) is 20.1. The number of carbonyl (C=O) groups is 3. The van der Waals surface area contributed by atoms with E-state index in [2.05, 4.69) is 10.6 Å². The maximum absolute atomic E-state index is 14.1. The van der Waals surface area contributed by atoms with Crippen molar-refractivity contribution in [2.75, 3.05) is 25.5 Å². The van der Waals surface area contributed by atoms with Crippen LogP contribution in [0.3, 0.4) is 0 Å². The number of methoxy groups -OCH3 is 1. The summed E-state index contributed by atoms with van der Waals surface area (Å²) in [5.74, 6) is -0.495. The Morgan fingerprint density at radius 2 is 1.69 bits per heavy atom. The summed E-state index contributed by atoms with van der Waals surface area (Å²) in [4.78, 5) is 43.7. The largest absolute Gasteiger partial charge is 0.497 e. The average molecular weight is 579 g/mol. The Morgan fingerprint density at radius 1 is 1.02 bits per heavy atom. The van der Waals surface area contributed by atoms with Crippen LogP contribution in [-0.4, -0.2) is 53.9 Å². The number of likely N-dealkylation sites (N-methyl/N-ethyl adjacent to an activating group) is 1. The standard InChI is InChI=1S/C31H29F3N4O4/c1-3-37-25-18-38(29(40)26(25)27(36-30(37)41)22-11-7-8-12-23(22)31(32,33)34)24(17-19-9-5-4-6-10-19)28(39)35-20-13-15-21(42-2)16-14-20/h4-16,24,27H,3,17-18H2,1-2H3,(H,35,39)(H,36,41)/t24-,27+/m1/s1. The molecular formula is C31H29F3N4O4. The lowest BCUT2D eigenvalue weighted by molar-refractivity contribution is -0.138. The first-order valence-corrected chi connectivity index (χ1v) is 13.4. The Hall–Kier alpha value is -4.80. The number of nitrogens with zero attached hydrogens (tertiary/aromatic N) is 2. The van der Waals surface area contributed by atoms with Gasteiger partial charge >= 0.3 is 12.2 Å². The van der Waals surface area contributed by atoms with E-state index in [0.717, 1.165) is 11.6 Å². The maximum atomic E-state index is 14.1. The SMILES string of the molecule is CCN1C(=O)N[C@@H](c2ccccc2C(F)(F)F)C2=C1CN([C@H](Cc1ccccc1)C(=O)Nc1ccc(OC)cc1)C2=O. The van der Waals surface area contributed by atoms with E-state index < -0.39 is 41.7 Å². The maximum Gasteiger partial charge on any atom is 0.416 e. The number of amides is 4.